The van der Waals surface area contributed by atoms with Crippen LogP contribution < -0.4 is 10.6 Å². The van der Waals surface area contributed by atoms with Crippen LogP contribution in [0, 0.1) is 5.92 Å². The predicted molar refractivity (Wildman–Crippen MR) is 65.8 cm³/mol. The first-order valence-corrected chi connectivity index (χ1v) is 6.63. The molecule has 1 heterocycles. The minimum Gasteiger partial charge on any atom is -0.378 e. The van der Waals surface area contributed by atoms with Crippen LogP contribution in [0.25, 0.3) is 0 Å². The van der Waals surface area contributed by atoms with Crippen LogP contribution in [0.5, 0.6) is 0 Å². The molecule has 1 amide bonds. The topological polar surface area (TPSA) is 53.6 Å². The Morgan fingerprint density at radius 2 is 2.24 bits per heavy atom. The summed E-state index contributed by atoms with van der Waals surface area (Å²) < 4.78 is 5.40. The molecule has 1 saturated carbocycles. The molecule has 1 saturated heterocycles. The molecule has 2 rings (SSSR count). The summed E-state index contributed by atoms with van der Waals surface area (Å²) in [5, 5.41) is 6.32. The molecule has 0 aromatic rings. The van der Waals surface area contributed by atoms with Gasteiger partial charge in [-0.1, -0.05) is 0 Å². The second kappa shape index (κ2) is 6.33. The molecule has 1 aliphatic heterocycles. The average molecular weight is 241 g/mol. The van der Waals surface area contributed by atoms with Gasteiger partial charge in [0, 0.05) is 45.9 Å². The highest BCUT2D eigenvalue weighted by Crippen LogP contribution is 2.33. The zero-order chi connectivity index (χ0) is 12.1. The summed E-state index contributed by atoms with van der Waals surface area (Å²) in [6.45, 7) is 8.67. The van der Waals surface area contributed by atoms with Crippen LogP contribution in [0.4, 0.5) is 0 Å². The third-order valence-corrected chi connectivity index (χ3v) is 3.39. The summed E-state index contributed by atoms with van der Waals surface area (Å²) in [5.41, 5.74) is 0. The molecule has 0 radical (unpaired) electrons. The van der Waals surface area contributed by atoms with Gasteiger partial charge in [0.1, 0.15) is 0 Å². The molecular formula is C12H23N3O2. The normalized spacial score (nSPS) is 29.0. The van der Waals surface area contributed by atoms with E-state index in [2.05, 4.69) is 15.5 Å². The van der Waals surface area contributed by atoms with Crippen LogP contribution in [0.1, 0.15) is 13.3 Å². The van der Waals surface area contributed by atoms with E-state index in [9.17, 15) is 4.79 Å². The van der Waals surface area contributed by atoms with E-state index in [1.807, 2.05) is 6.92 Å². The Kier molecular flexibility index (Phi) is 4.76. The van der Waals surface area contributed by atoms with Crippen molar-refractivity contribution >= 4 is 5.91 Å². The van der Waals surface area contributed by atoms with Gasteiger partial charge < -0.3 is 15.4 Å². The highest BCUT2D eigenvalue weighted by atomic mass is 16.5. The van der Waals surface area contributed by atoms with E-state index in [0.29, 0.717) is 6.61 Å². The monoisotopic (exact) mass is 241 g/mol. The summed E-state index contributed by atoms with van der Waals surface area (Å²) in [7, 11) is 0. The molecule has 2 aliphatic rings. The molecule has 2 fully saturated rings. The minimum absolute atomic E-state index is 0.109. The summed E-state index contributed by atoms with van der Waals surface area (Å²) in [5.74, 6) is 0.275. The number of carbonyl (C=O) groups excluding carboxylic acids is 1. The van der Waals surface area contributed by atoms with E-state index < -0.39 is 0 Å². The lowest BCUT2D eigenvalue weighted by molar-refractivity contribution is -0.123. The van der Waals surface area contributed by atoms with Crippen LogP contribution in [0.3, 0.4) is 0 Å². The van der Waals surface area contributed by atoms with Crippen LogP contribution in [-0.4, -0.2) is 62.8 Å². The van der Waals surface area contributed by atoms with Crippen molar-refractivity contribution in [1.29, 1.82) is 0 Å². The van der Waals surface area contributed by atoms with Crippen molar-refractivity contribution < 1.29 is 9.53 Å². The lowest BCUT2D eigenvalue weighted by Gasteiger charge is -2.27. The van der Waals surface area contributed by atoms with Gasteiger partial charge in [-0.25, -0.2) is 0 Å². The Morgan fingerprint density at radius 1 is 1.47 bits per heavy atom. The first kappa shape index (κ1) is 12.8. The maximum Gasteiger partial charge on any atom is 0.225 e. The van der Waals surface area contributed by atoms with Gasteiger partial charge in [-0.05, 0) is 13.3 Å². The maximum absolute atomic E-state index is 11.7. The Balaban J connectivity index is 1.54. The molecule has 2 unspecified atom stereocenters. The van der Waals surface area contributed by atoms with Gasteiger partial charge in [0.25, 0.3) is 0 Å². The molecule has 0 bridgehead atoms. The van der Waals surface area contributed by atoms with Gasteiger partial charge in [0.2, 0.25) is 5.91 Å². The molecule has 0 spiro atoms. The highest BCUT2D eigenvalue weighted by Gasteiger charge is 2.43. The summed E-state index contributed by atoms with van der Waals surface area (Å²) in [6, 6.07) is 0. The average Bonchev–Trinajstić information content (AvgIpc) is 3.10. The Bertz CT molecular complexity index is 254. The Hall–Kier alpha value is -0.650. The second-order valence-corrected chi connectivity index (χ2v) is 4.72. The van der Waals surface area contributed by atoms with E-state index in [-0.39, 0.29) is 17.9 Å². The van der Waals surface area contributed by atoms with E-state index in [0.717, 1.165) is 45.7 Å². The molecule has 0 aromatic heterocycles. The smallest absolute Gasteiger partial charge is 0.225 e. The predicted octanol–water partition coefficient (Wildman–Crippen LogP) is -0.567. The van der Waals surface area contributed by atoms with Crippen molar-refractivity contribution in [1.82, 2.24) is 15.5 Å². The van der Waals surface area contributed by atoms with Crippen LogP contribution in [0.2, 0.25) is 0 Å². The van der Waals surface area contributed by atoms with E-state index in [4.69, 9.17) is 4.74 Å². The standard InChI is InChI=1S/C12H23N3O2/c1-2-17-11-9-10(11)12(16)14-5-8-15-6-3-13-4-7-15/h10-11,13H,2-9H2,1H3,(H,14,16). The third kappa shape index (κ3) is 3.94. The maximum atomic E-state index is 11.7. The number of nitrogens with zero attached hydrogens (tertiary/aromatic N) is 1. The van der Waals surface area contributed by atoms with Gasteiger partial charge in [-0.2, -0.15) is 0 Å². The number of piperazine rings is 1. The summed E-state index contributed by atoms with van der Waals surface area (Å²) >= 11 is 0. The van der Waals surface area contributed by atoms with Crippen molar-refractivity contribution in [3.05, 3.63) is 0 Å². The zero-order valence-corrected chi connectivity index (χ0v) is 10.6. The third-order valence-electron chi connectivity index (χ3n) is 3.39. The van der Waals surface area contributed by atoms with Gasteiger partial charge in [0.15, 0.2) is 0 Å². The molecule has 2 N–H and O–H groups in total. The Labute approximate surface area is 103 Å². The molecule has 98 valence electrons. The van der Waals surface area contributed by atoms with Crippen molar-refractivity contribution in [3.63, 3.8) is 0 Å². The number of nitrogens with one attached hydrogen (secondary N) is 2. The van der Waals surface area contributed by atoms with E-state index in [1.165, 1.54) is 0 Å². The number of ether oxygens (including phenoxy) is 1. The molecule has 2 atom stereocenters. The van der Waals surface area contributed by atoms with Crippen molar-refractivity contribution in [3.8, 4) is 0 Å². The fourth-order valence-electron chi connectivity index (χ4n) is 2.25. The van der Waals surface area contributed by atoms with Crippen LogP contribution >= 0.6 is 0 Å². The highest BCUT2D eigenvalue weighted by molar-refractivity contribution is 5.82. The van der Waals surface area contributed by atoms with Crippen LogP contribution in [-0.2, 0) is 9.53 Å². The quantitative estimate of drug-likeness (QED) is 0.654. The van der Waals surface area contributed by atoms with Gasteiger partial charge in [-0.15, -0.1) is 0 Å². The molecule has 5 heteroatoms. The lowest BCUT2D eigenvalue weighted by atomic mass is 10.3. The van der Waals surface area contributed by atoms with E-state index >= 15 is 0 Å². The lowest BCUT2D eigenvalue weighted by Crippen LogP contribution is -2.46. The first-order chi connectivity index (χ1) is 8.31. The summed E-state index contributed by atoms with van der Waals surface area (Å²) in [4.78, 5) is 14.1. The number of amides is 1. The minimum atomic E-state index is 0.109. The zero-order valence-electron chi connectivity index (χ0n) is 10.6. The summed E-state index contributed by atoms with van der Waals surface area (Å²) in [6.07, 6.45) is 1.08. The number of hydrogen-bond acceptors (Lipinski definition) is 4. The number of carbonyl (C=O) groups is 1. The molecule has 0 aromatic carbocycles. The first-order valence-electron chi connectivity index (χ1n) is 6.63. The van der Waals surface area contributed by atoms with Crippen LogP contribution in [0.15, 0.2) is 0 Å². The van der Waals surface area contributed by atoms with Gasteiger partial charge >= 0.3 is 0 Å². The Morgan fingerprint density at radius 3 is 2.94 bits per heavy atom. The number of rotatable bonds is 6. The molecule has 1 aliphatic carbocycles. The largest absolute Gasteiger partial charge is 0.378 e. The van der Waals surface area contributed by atoms with E-state index in [1.54, 1.807) is 0 Å². The molecular weight excluding hydrogens is 218 g/mol. The van der Waals surface area contributed by atoms with Gasteiger partial charge in [-0.3, -0.25) is 9.69 Å². The van der Waals surface area contributed by atoms with Crippen molar-refractivity contribution in [2.45, 2.75) is 19.4 Å². The molecule has 17 heavy (non-hydrogen) atoms. The number of hydrogen-bond donors (Lipinski definition) is 2. The second-order valence-electron chi connectivity index (χ2n) is 4.72. The molecule has 5 nitrogen and oxygen atoms in total. The fraction of sp³-hybridized carbons (Fsp3) is 0.917. The van der Waals surface area contributed by atoms with Crippen molar-refractivity contribution in [2.24, 2.45) is 5.92 Å². The fourth-order valence-corrected chi connectivity index (χ4v) is 2.25. The van der Waals surface area contributed by atoms with Crippen molar-refractivity contribution in [2.75, 3.05) is 45.9 Å². The van der Waals surface area contributed by atoms with Gasteiger partial charge in [0.05, 0.1) is 12.0 Å². The SMILES string of the molecule is CCOC1CC1C(=O)NCCN1CCNCC1.